The van der Waals surface area contributed by atoms with Crippen molar-refractivity contribution in [1.29, 1.82) is 0 Å². The average Bonchev–Trinajstić information content (AvgIpc) is 2.71. The smallest absolute Gasteiger partial charge is 0.222 e. The first-order valence-corrected chi connectivity index (χ1v) is 4.05. The number of nitrogens with zero attached hydrogens (tertiary/aromatic N) is 3. The van der Waals surface area contributed by atoms with E-state index < -0.39 is 0 Å². The summed E-state index contributed by atoms with van der Waals surface area (Å²) in [6, 6.07) is 3.53. The molecule has 2 rings (SSSR count). The Kier molecular flexibility index (Phi) is 1.77. The molecule has 2 N–H and O–H groups in total. The molecular weight excluding hydrogens is 168 g/mol. The third-order valence-electron chi connectivity index (χ3n) is 1.76. The van der Waals surface area contributed by atoms with Crippen molar-refractivity contribution in [2.24, 2.45) is 0 Å². The van der Waals surface area contributed by atoms with Gasteiger partial charge in [-0.3, -0.25) is 4.68 Å². The van der Waals surface area contributed by atoms with Gasteiger partial charge in [0, 0.05) is 18.8 Å². The van der Waals surface area contributed by atoms with E-state index in [-0.39, 0.29) is 0 Å². The zero-order valence-electron chi connectivity index (χ0n) is 7.27. The number of rotatable bonds is 2. The zero-order chi connectivity index (χ0) is 9.26. The molecule has 0 spiro atoms. The van der Waals surface area contributed by atoms with Crippen molar-refractivity contribution in [2.45, 2.75) is 13.5 Å². The molecule has 13 heavy (non-hydrogen) atoms. The Labute approximate surface area is 75.1 Å². The number of aryl methyl sites for hydroxylation is 1. The van der Waals surface area contributed by atoms with Gasteiger partial charge in [-0.2, -0.15) is 5.10 Å². The fourth-order valence-electron chi connectivity index (χ4n) is 1.08. The van der Waals surface area contributed by atoms with Crippen LogP contribution in [0.5, 0.6) is 0 Å². The van der Waals surface area contributed by atoms with E-state index in [0.29, 0.717) is 11.6 Å². The van der Waals surface area contributed by atoms with Crippen LogP contribution >= 0.6 is 0 Å². The van der Waals surface area contributed by atoms with Gasteiger partial charge < -0.3 is 10.3 Å². The molecule has 68 valence electrons. The maximum absolute atomic E-state index is 5.39. The summed E-state index contributed by atoms with van der Waals surface area (Å²) in [6.07, 6.45) is 1.89. The van der Waals surface area contributed by atoms with E-state index in [4.69, 9.17) is 10.3 Å². The fraction of sp³-hybridized carbons (Fsp3) is 0.250. The number of hydrogen-bond acceptors (Lipinski definition) is 4. The molecule has 0 saturated carbocycles. The van der Waals surface area contributed by atoms with Crippen molar-refractivity contribution in [2.75, 3.05) is 5.73 Å². The molecule has 0 unspecified atom stereocenters. The van der Waals surface area contributed by atoms with Gasteiger partial charge in [0.05, 0.1) is 0 Å². The normalized spacial score (nSPS) is 10.5. The van der Waals surface area contributed by atoms with Crippen molar-refractivity contribution in [1.82, 2.24) is 14.9 Å². The van der Waals surface area contributed by atoms with Crippen molar-refractivity contribution in [3.63, 3.8) is 0 Å². The molecule has 0 saturated heterocycles. The highest BCUT2D eigenvalue weighted by Crippen LogP contribution is 2.17. The van der Waals surface area contributed by atoms with Crippen LogP contribution in [0.25, 0.3) is 11.4 Å². The quantitative estimate of drug-likeness (QED) is 0.748. The molecule has 0 radical (unpaired) electrons. The maximum Gasteiger partial charge on any atom is 0.222 e. The molecule has 0 aromatic carbocycles. The average molecular weight is 178 g/mol. The van der Waals surface area contributed by atoms with Crippen molar-refractivity contribution in [3.05, 3.63) is 18.3 Å². The van der Waals surface area contributed by atoms with E-state index in [2.05, 4.69) is 10.3 Å². The van der Waals surface area contributed by atoms with E-state index in [0.717, 1.165) is 12.2 Å². The summed E-state index contributed by atoms with van der Waals surface area (Å²) in [6.45, 7) is 2.86. The molecular formula is C8H10N4O. The molecule has 5 heteroatoms. The summed E-state index contributed by atoms with van der Waals surface area (Å²) in [5.74, 6) is 0.307. The van der Waals surface area contributed by atoms with Gasteiger partial charge >= 0.3 is 0 Å². The Morgan fingerprint density at radius 1 is 1.54 bits per heavy atom. The molecule has 0 fully saturated rings. The Morgan fingerprint density at radius 2 is 2.38 bits per heavy atom. The second kappa shape index (κ2) is 2.93. The van der Waals surface area contributed by atoms with E-state index in [1.165, 1.54) is 0 Å². The van der Waals surface area contributed by atoms with Crippen molar-refractivity contribution in [3.8, 4) is 11.4 Å². The van der Waals surface area contributed by atoms with Gasteiger partial charge in [-0.1, -0.05) is 5.16 Å². The minimum Gasteiger partial charge on any atom is -0.368 e. The van der Waals surface area contributed by atoms with Gasteiger partial charge in [0.15, 0.2) is 0 Å². The van der Waals surface area contributed by atoms with Gasteiger partial charge in [-0.05, 0) is 13.0 Å². The van der Waals surface area contributed by atoms with Crippen LogP contribution in [-0.4, -0.2) is 14.9 Å². The van der Waals surface area contributed by atoms with E-state index in [9.17, 15) is 0 Å². The lowest BCUT2D eigenvalue weighted by Crippen LogP contribution is -1.93. The third kappa shape index (κ3) is 1.40. The summed E-state index contributed by atoms with van der Waals surface area (Å²) in [4.78, 5) is 0. The molecule has 2 aromatic rings. The minimum absolute atomic E-state index is 0.307. The van der Waals surface area contributed by atoms with Crippen molar-refractivity contribution < 1.29 is 4.52 Å². The van der Waals surface area contributed by atoms with Crippen LogP contribution < -0.4 is 5.73 Å². The second-order valence-corrected chi connectivity index (χ2v) is 2.67. The van der Waals surface area contributed by atoms with Crippen LogP contribution in [0.3, 0.4) is 0 Å². The minimum atomic E-state index is 0.307. The van der Waals surface area contributed by atoms with Crippen LogP contribution in [0.4, 0.5) is 5.88 Å². The van der Waals surface area contributed by atoms with Crippen LogP contribution in [0.1, 0.15) is 6.92 Å². The Hall–Kier alpha value is -1.78. The molecule has 0 aliphatic carbocycles. The Balaban J connectivity index is 2.35. The maximum atomic E-state index is 5.39. The van der Waals surface area contributed by atoms with Crippen molar-refractivity contribution >= 4 is 5.88 Å². The largest absolute Gasteiger partial charge is 0.368 e. The van der Waals surface area contributed by atoms with E-state index in [1.807, 2.05) is 23.9 Å². The first-order chi connectivity index (χ1) is 6.29. The summed E-state index contributed by atoms with van der Waals surface area (Å²) in [5.41, 5.74) is 6.84. The van der Waals surface area contributed by atoms with Gasteiger partial charge in [0.2, 0.25) is 5.88 Å². The topological polar surface area (TPSA) is 69.9 Å². The molecule has 0 bridgehead atoms. The third-order valence-corrected chi connectivity index (χ3v) is 1.76. The van der Waals surface area contributed by atoms with E-state index >= 15 is 0 Å². The Bertz CT molecular complexity index is 404. The van der Waals surface area contributed by atoms with Gasteiger partial charge in [0.1, 0.15) is 11.4 Å². The van der Waals surface area contributed by atoms with Gasteiger partial charge in [0.25, 0.3) is 0 Å². The van der Waals surface area contributed by atoms with Gasteiger partial charge in [-0.15, -0.1) is 0 Å². The summed E-state index contributed by atoms with van der Waals surface area (Å²) in [7, 11) is 0. The second-order valence-electron chi connectivity index (χ2n) is 2.67. The number of nitrogen functional groups attached to an aromatic ring is 1. The van der Waals surface area contributed by atoms with Gasteiger partial charge in [-0.25, -0.2) is 0 Å². The summed E-state index contributed by atoms with van der Waals surface area (Å²) >= 11 is 0. The molecule has 2 aromatic heterocycles. The number of anilines is 1. The molecule has 2 heterocycles. The highest BCUT2D eigenvalue weighted by atomic mass is 16.5. The zero-order valence-corrected chi connectivity index (χ0v) is 7.27. The number of hydrogen-bond donors (Lipinski definition) is 1. The van der Waals surface area contributed by atoms with E-state index in [1.54, 1.807) is 6.07 Å². The summed E-state index contributed by atoms with van der Waals surface area (Å²) in [5, 5.41) is 8.01. The van der Waals surface area contributed by atoms with Crippen LogP contribution in [0.2, 0.25) is 0 Å². The predicted octanol–water partition coefficient (Wildman–Crippen LogP) is 1.14. The monoisotopic (exact) mass is 178 g/mol. The SMILES string of the molecule is CCn1ccc(-c2cc(N)on2)n1. The number of aromatic nitrogens is 3. The van der Waals surface area contributed by atoms with Crippen LogP contribution in [0, 0.1) is 0 Å². The standard InChI is InChI=1S/C8H10N4O/c1-2-12-4-3-6(10-12)7-5-8(9)13-11-7/h3-5H,2,9H2,1H3. The lowest BCUT2D eigenvalue weighted by Gasteiger charge is -1.90. The summed E-state index contributed by atoms with van der Waals surface area (Å²) < 4.78 is 6.56. The lowest BCUT2D eigenvalue weighted by atomic mass is 10.3. The predicted molar refractivity (Wildman–Crippen MR) is 47.8 cm³/mol. The lowest BCUT2D eigenvalue weighted by molar-refractivity contribution is 0.439. The molecule has 0 amide bonds. The fourth-order valence-corrected chi connectivity index (χ4v) is 1.08. The number of nitrogens with two attached hydrogens (primary N) is 1. The van der Waals surface area contributed by atoms with Crippen LogP contribution in [-0.2, 0) is 6.54 Å². The molecule has 5 nitrogen and oxygen atoms in total. The highest BCUT2D eigenvalue weighted by Gasteiger charge is 2.06. The molecule has 0 aliphatic heterocycles. The highest BCUT2D eigenvalue weighted by molar-refractivity contribution is 5.55. The first-order valence-electron chi connectivity index (χ1n) is 4.05. The first kappa shape index (κ1) is 7.85. The molecule has 0 aliphatic rings. The molecule has 0 atom stereocenters. The Morgan fingerprint density at radius 3 is 2.92 bits per heavy atom. The van der Waals surface area contributed by atoms with Crippen LogP contribution in [0.15, 0.2) is 22.9 Å².